The van der Waals surface area contributed by atoms with Crippen LogP contribution in [0, 0.1) is 0 Å². The van der Waals surface area contributed by atoms with Crippen molar-refractivity contribution >= 4 is 15.9 Å². The number of halogens is 3. The van der Waals surface area contributed by atoms with Crippen molar-refractivity contribution in [2.45, 2.75) is 6.18 Å². The Bertz CT molecular complexity index is 523. The molecule has 0 atom stereocenters. The highest BCUT2D eigenvalue weighted by atomic mass is 32.2. The molecular formula is C9H9F3N2O2S. The third-order valence-electron chi connectivity index (χ3n) is 2.22. The van der Waals surface area contributed by atoms with Crippen LogP contribution in [0.1, 0.15) is 5.56 Å². The summed E-state index contributed by atoms with van der Waals surface area (Å²) in [4.78, 5) is 0. The number of anilines is 1. The molecule has 94 valence electrons. The molecule has 0 radical (unpaired) electrons. The lowest BCUT2D eigenvalue weighted by atomic mass is 10.2. The molecule has 1 heterocycles. The molecule has 0 aromatic heterocycles. The number of benzene rings is 1. The van der Waals surface area contributed by atoms with Crippen LogP contribution in [-0.4, -0.2) is 25.8 Å². The van der Waals surface area contributed by atoms with E-state index < -0.39 is 27.6 Å². The van der Waals surface area contributed by atoms with Crippen molar-refractivity contribution in [3.63, 3.8) is 0 Å². The largest absolute Gasteiger partial charge is 0.418 e. The molecule has 0 unspecified atom stereocenters. The van der Waals surface area contributed by atoms with Crippen LogP contribution in [0.4, 0.5) is 18.9 Å². The van der Waals surface area contributed by atoms with E-state index in [-0.39, 0.29) is 0 Å². The summed E-state index contributed by atoms with van der Waals surface area (Å²) in [6.07, 6.45) is -4.59. The highest BCUT2D eigenvalue weighted by Crippen LogP contribution is 2.35. The number of rotatable bonds is 3. The highest BCUT2D eigenvalue weighted by Gasteiger charge is 2.37. The summed E-state index contributed by atoms with van der Waals surface area (Å²) in [5.74, 6) is 0. The van der Waals surface area contributed by atoms with Crippen LogP contribution >= 0.6 is 0 Å². The zero-order valence-corrected chi connectivity index (χ0v) is 9.35. The van der Waals surface area contributed by atoms with E-state index in [9.17, 15) is 21.6 Å². The molecule has 0 amide bonds. The van der Waals surface area contributed by atoms with Gasteiger partial charge in [0.25, 0.3) is 0 Å². The Morgan fingerprint density at radius 1 is 1.18 bits per heavy atom. The van der Waals surface area contributed by atoms with Gasteiger partial charge in [-0.25, -0.2) is 0 Å². The van der Waals surface area contributed by atoms with Gasteiger partial charge in [-0.3, -0.25) is 4.72 Å². The molecular weight excluding hydrogens is 257 g/mol. The molecule has 0 bridgehead atoms. The Morgan fingerprint density at radius 2 is 1.76 bits per heavy atom. The Balaban J connectivity index is 2.33. The second-order valence-corrected chi connectivity index (χ2v) is 5.22. The summed E-state index contributed by atoms with van der Waals surface area (Å²) in [7, 11) is -3.84. The van der Waals surface area contributed by atoms with Gasteiger partial charge in [-0.05, 0) is 12.1 Å². The lowest BCUT2D eigenvalue weighted by molar-refractivity contribution is -0.136. The average molecular weight is 266 g/mol. The first-order chi connectivity index (χ1) is 7.81. The maximum absolute atomic E-state index is 12.6. The van der Waals surface area contributed by atoms with E-state index in [1.54, 1.807) is 0 Å². The summed E-state index contributed by atoms with van der Waals surface area (Å²) in [6, 6.07) is 4.47. The number of nitrogens with zero attached hydrogens (tertiary/aromatic N) is 1. The van der Waals surface area contributed by atoms with E-state index in [0.717, 1.165) is 16.4 Å². The molecule has 0 spiro atoms. The lowest BCUT2D eigenvalue weighted by Crippen LogP contribution is -2.23. The average Bonchev–Trinajstić information content (AvgIpc) is 2.99. The van der Waals surface area contributed by atoms with Gasteiger partial charge in [0.2, 0.25) is 0 Å². The minimum atomic E-state index is -4.59. The van der Waals surface area contributed by atoms with Crippen molar-refractivity contribution in [3.05, 3.63) is 29.8 Å². The molecule has 8 heteroatoms. The van der Waals surface area contributed by atoms with Gasteiger partial charge in [-0.1, -0.05) is 12.1 Å². The predicted molar refractivity (Wildman–Crippen MR) is 55.6 cm³/mol. The molecule has 17 heavy (non-hydrogen) atoms. The van der Waals surface area contributed by atoms with Crippen molar-refractivity contribution in [1.82, 2.24) is 4.31 Å². The van der Waals surface area contributed by atoms with E-state index in [0.29, 0.717) is 13.1 Å². The minimum absolute atomic E-state index is 0.337. The Kier molecular flexibility index (Phi) is 2.78. The van der Waals surface area contributed by atoms with Gasteiger partial charge in [0.15, 0.2) is 0 Å². The van der Waals surface area contributed by atoms with Crippen LogP contribution in [0.25, 0.3) is 0 Å². The molecule has 1 fully saturated rings. The maximum atomic E-state index is 12.6. The molecule has 1 aliphatic heterocycles. The van der Waals surface area contributed by atoms with Crippen LogP contribution in [0.2, 0.25) is 0 Å². The second kappa shape index (κ2) is 3.88. The van der Waals surface area contributed by atoms with E-state index in [4.69, 9.17) is 0 Å². The molecule has 1 aromatic carbocycles. The summed E-state index contributed by atoms with van der Waals surface area (Å²) >= 11 is 0. The quantitative estimate of drug-likeness (QED) is 0.846. The highest BCUT2D eigenvalue weighted by molar-refractivity contribution is 7.90. The summed E-state index contributed by atoms with van der Waals surface area (Å²) < 4.78 is 63.7. The predicted octanol–water partition coefficient (Wildman–Crippen LogP) is 1.68. The SMILES string of the molecule is O=S(=O)(Nc1ccccc1C(F)(F)F)N1CC1. The fraction of sp³-hybridized carbons (Fsp3) is 0.333. The molecule has 1 N–H and O–H groups in total. The molecule has 2 rings (SSSR count). The third kappa shape index (κ3) is 2.70. The van der Waals surface area contributed by atoms with E-state index in [2.05, 4.69) is 0 Å². The molecule has 1 saturated heterocycles. The van der Waals surface area contributed by atoms with Crippen LogP contribution in [0.3, 0.4) is 0 Å². The fourth-order valence-electron chi connectivity index (χ4n) is 1.30. The maximum Gasteiger partial charge on any atom is 0.418 e. The smallest absolute Gasteiger partial charge is 0.270 e. The first-order valence-corrected chi connectivity index (χ1v) is 6.19. The number of alkyl halides is 3. The van der Waals surface area contributed by atoms with Gasteiger partial charge in [0.05, 0.1) is 11.3 Å². The van der Waals surface area contributed by atoms with Crippen molar-refractivity contribution in [2.24, 2.45) is 0 Å². The summed E-state index contributed by atoms with van der Waals surface area (Å²) in [5.41, 5.74) is -1.45. The zero-order valence-electron chi connectivity index (χ0n) is 8.53. The molecule has 1 aromatic rings. The third-order valence-corrected chi connectivity index (χ3v) is 3.74. The van der Waals surface area contributed by atoms with E-state index in [1.165, 1.54) is 12.1 Å². The zero-order chi connectivity index (χ0) is 12.7. The number of nitrogens with one attached hydrogen (secondary N) is 1. The van der Waals surface area contributed by atoms with Crippen LogP contribution < -0.4 is 4.72 Å². The first-order valence-electron chi connectivity index (χ1n) is 4.75. The van der Waals surface area contributed by atoms with Crippen LogP contribution in [0.15, 0.2) is 24.3 Å². The minimum Gasteiger partial charge on any atom is -0.270 e. The van der Waals surface area contributed by atoms with Crippen molar-refractivity contribution in [2.75, 3.05) is 17.8 Å². The fourth-order valence-corrected chi connectivity index (χ4v) is 2.45. The van der Waals surface area contributed by atoms with Crippen molar-refractivity contribution in [3.8, 4) is 0 Å². The summed E-state index contributed by atoms with van der Waals surface area (Å²) in [6.45, 7) is 0.674. The van der Waals surface area contributed by atoms with Gasteiger partial charge in [0.1, 0.15) is 0 Å². The summed E-state index contributed by atoms with van der Waals surface area (Å²) in [5, 5.41) is 0. The molecule has 1 aliphatic rings. The number of hydrogen-bond acceptors (Lipinski definition) is 2. The molecule has 4 nitrogen and oxygen atoms in total. The van der Waals surface area contributed by atoms with E-state index in [1.807, 2.05) is 4.72 Å². The second-order valence-electron chi connectivity index (χ2n) is 3.55. The van der Waals surface area contributed by atoms with E-state index >= 15 is 0 Å². The Hall–Kier alpha value is -1.28. The van der Waals surface area contributed by atoms with Gasteiger partial charge < -0.3 is 0 Å². The first kappa shape index (κ1) is 12.2. The molecule has 0 aliphatic carbocycles. The standard InChI is InChI=1S/C9H9F3N2O2S/c10-9(11,12)7-3-1-2-4-8(7)13-17(15,16)14-5-6-14/h1-4,13H,5-6H2. The Morgan fingerprint density at radius 3 is 2.29 bits per heavy atom. The number of hydrogen-bond donors (Lipinski definition) is 1. The van der Waals surface area contributed by atoms with Gasteiger partial charge in [-0.15, -0.1) is 0 Å². The monoisotopic (exact) mass is 266 g/mol. The topological polar surface area (TPSA) is 49.2 Å². The van der Waals surface area contributed by atoms with Gasteiger partial charge >= 0.3 is 16.4 Å². The molecule has 0 saturated carbocycles. The lowest BCUT2D eigenvalue weighted by Gasteiger charge is -2.14. The van der Waals surface area contributed by atoms with Crippen LogP contribution in [0.5, 0.6) is 0 Å². The van der Waals surface area contributed by atoms with Gasteiger partial charge in [0, 0.05) is 13.1 Å². The van der Waals surface area contributed by atoms with Crippen molar-refractivity contribution in [1.29, 1.82) is 0 Å². The van der Waals surface area contributed by atoms with Crippen molar-refractivity contribution < 1.29 is 21.6 Å². The normalized spacial score (nSPS) is 16.9. The van der Waals surface area contributed by atoms with Crippen LogP contribution in [-0.2, 0) is 16.4 Å². The van der Waals surface area contributed by atoms with Gasteiger partial charge in [-0.2, -0.15) is 25.9 Å². The number of para-hydroxylation sites is 1. The Labute approximate surface area is 96.2 Å².